The molecule has 78 valence electrons. The van der Waals surface area contributed by atoms with Gasteiger partial charge in [0.15, 0.2) is 0 Å². The third-order valence-electron chi connectivity index (χ3n) is 2.25. The largest absolute Gasteiger partial charge is 0.354 e. The maximum absolute atomic E-state index is 4.44. The van der Waals surface area contributed by atoms with Crippen LogP contribution in [-0.2, 0) is 5.33 Å². The Morgan fingerprint density at radius 1 is 1.50 bits per heavy atom. The fourth-order valence-corrected chi connectivity index (χ4v) is 1.99. The zero-order chi connectivity index (χ0) is 10.6. The van der Waals surface area contributed by atoms with E-state index in [0.717, 1.165) is 17.7 Å². The number of hydrogen-bond donors (Lipinski definition) is 0. The molecule has 2 nitrogen and oxygen atoms in total. The van der Waals surface area contributed by atoms with Crippen molar-refractivity contribution < 1.29 is 0 Å². The van der Waals surface area contributed by atoms with Gasteiger partial charge in [-0.05, 0) is 26.8 Å². The number of hydrogen-bond acceptors (Lipinski definition) is 2. The van der Waals surface area contributed by atoms with Crippen LogP contribution in [0.25, 0.3) is 0 Å². The van der Waals surface area contributed by atoms with E-state index in [0.29, 0.717) is 6.04 Å². The molecule has 1 aromatic heterocycles. The lowest BCUT2D eigenvalue weighted by Gasteiger charge is -2.27. The lowest BCUT2D eigenvalue weighted by atomic mass is 10.2. The molecule has 0 aromatic carbocycles. The Kier molecular flexibility index (Phi) is 4.39. The lowest BCUT2D eigenvalue weighted by molar-refractivity contribution is 0.690. The summed E-state index contributed by atoms with van der Waals surface area (Å²) in [6, 6.07) is 4.59. The first-order valence-electron chi connectivity index (χ1n) is 4.97. The van der Waals surface area contributed by atoms with Gasteiger partial charge in [0, 0.05) is 29.7 Å². The highest BCUT2D eigenvalue weighted by atomic mass is 79.9. The third kappa shape index (κ3) is 2.47. The van der Waals surface area contributed by atoms with Gasteiger partial charge in [0.1, 0.15) is 5.82 Å². The zero-order valence-corrected chi connectivity index (χ0v) is 10.6. The maximum Gasteiger partial charge on any atom is 0.132 e. The summed E-state index contributed by atoms with van der Waals surface area (Å²) in [5, 5.41) is 0.861. The summed E-state index contributed by atoms with van der Waals surface area (Å²) in [5.74, 6) is 1.10. The Morgan fingerprint density at radius 2 is 2.21 bits per heavy atom. The van der Waals surface area contributed by atoms with Crippen molar-refractivity contribution in [1.82, 2.24) is 4.98 Å². The minimum Gasteiger partial charge on any atom is -0.354 e. The minimum atomic E-state index is 0.493. The Morgan fingerprint density at radius 3 is 2.71 bits per heavy atom. The van der Waals surface area contributed by atoms with Gasteiger partial charge in [-0.3, -0.25) is 0 Å². The lowest BCUT2D eigenvalue weighted by Crippen LogP contribution is -2.31. The molecule has 0 spiro atoms. The van der Waals surface area contributed by atoms with E-state index in [1.807, 2.05) is 12.3 Å². The van der Waals surface area contributed by atoms with E-state index in [1.165, 1.54) is 5.56 Å². The molecule has 14 heavy (non-hydrogen) atoms. The molecule has 1 heterocycles. The van der Waals surface area contributed by atoms with Crippen LogP contribution in [0.5, 0.6) is 0 Å². The van der Waals surface area contributed by atoms with E-state index in [4.69, 9.17) is 0 Å². The SMILES string of the molecule is CCN(c1ncccc1CBr)C(C)C. The molecule has 1 aromatic rings. The summed E-state index contributed by atoms with van der Waals surface area (Å²) in [7, 11) is 0. The van der Waals surface area contributed by atoms with Crippen LogP contribution in [-0.4, -0.2) is 17.6 Å². The van der Waals surface area contributed by atoms with Gasteiger partial charge in [0.25, 0.3) is 0 Å². The second kappa shape index (κ2) is 5.35. The Bertz CT molecular complexity index is 286. The van der Waals surface area contributed by atoms with Gasteiger partial charge < -0.3 is 4.90 Å². The highest BCUT2D eigenvalue weighted by Crippen LogP contribution is 2.21. The van der Waals surface area contributed by atoms with Crippen molar-refractivity contribution in [1.29, 1.82) is 0 Å². The fraction of sp³-hybridized carbons (Fsp3) is 0.545. The summed E-state index contributed by atoms with van der Waals surface area (Å²) < 4.78 is 0. The summed E-state index contributed by atoms with van der Waals surface area (Å²) in [6.45, 7) is 7.54. The first-order valence-corrected chi connectivity index (χ1v) is 6.09. The van der Waals surface area contributed by atoms with Crippen molar-refractivity contribution in [2.24, 2.45) is 0 Å². The van der Waals surface area contributed by atoms with Crippen LogP contribution < -0.4 is 4.90 Å². The van der Waals surface area contributed by atoms with E-state index in [1.54, 1.807) is 0 Å². The zero-order valence-electron chi connectivity index (χ0n) is 9.00. The first kappa shape index (κ1) is 11.5. The summed E-state index contributed by atoms with van der Waals surface area (Å²) in [5.41, 5.74) is 1.25. The van der Waals surface area contributed by atoms with Gasteiger partial charge in [-0.1, -0.05) is 22.0 Å². The van der Waals surface area contributed by atoms with Gasteiger partial charge in [-0.2, -0.15) is 0 Å². The minimum absolute atomic E-state index is 0.493. The van der Waals surface area contributed by atoms with Crippen LogP contribution in [0, 0.1) is 0 Å². The van der Waals surface area contributed by atoms with Crippen LogP contribution in [0.2, 0.25) is 0 Å². The van der Waals surface area contributed by atoms with Crippen molar-refractivity contribution in [3.05, 3.63) is 23.9 Å². The van der Waals surface area contributed by atoms with Crippen LogP contribution in [0.15, 0.2) is 18.3 Å². The molecule has 1 rings (SSSR count). The Hall–Kier alpha value is -0.570. The number of nitrogens with zero attached hydrogens (tertiary/aromatic N) is 2. The van der Waals surface area contributed by atoms with E-state index in [-0.39, 0.29) is 0 Å². The van der Waals surface area contributed by atoms with Crippen LogP contribution in [0.3, 0.4) is 0 Å². The number of halogens is 1. The molecule has 0 N–H and O–H groups in total. The molecule has 0 bridgehead atoms. The second-order valence-corrected chi connectivity index (χ2v) is 4.06. The van der Waals surface area contributed by atoms with Crippen molar-refractivity contribution >= 4 is 21.7 Å². The Labute approximate surface area is 94.5 Å². The fourth-order valence-electron chi connectivity index (χ4n) is 1.55. The van der Waals surface area contributed by atoms with E-state index >= 15 is 0 Å². The molecule has 0 saturated carbocycles. The molecule has 0 fully saturated rings. The van der Waals surface area contributed by atoms with E-state index < -0.39 is 0 Å². The average molecular weight is 257 g/mol. The molecular weight excluding hydrogens is 240 g/mol. The molecule has 0 saturated heterocycles. The van der Waals surface area contributed by atoms with Crippen molar-refractivity contribution in [2.75, 3.05) is 11.4 Å². The number of alkyl halides is 1. The third-order valence-corrected chi connectivity index (χ3v) is 2.85. The predicted molar refractivity (Wildman–Crippen MR) is 65.0 cm³/mol. The summed E-state index contributed by atoms with van der Waals surface area (Å²) in [4.78, 5) is 6.74. The van der Waals surface area contributed by atoms with Gasteiger partial charge in [0.2, 0.25) is 0 Å². The molecule has 0 aliphatic rings. The van der Waals surface area contributed by atoms with Gasteiger partial charge in [-0.15, -0.1) is 0 Å². The molecule has 0 atom stereocenters. The van der Waals surface area contributed by atoms with Crippen LogP contribution in [0.4, 0.5) is 5.82 Å². The highest BCUT2D eigenvalue weighted by molar-refractivity contribution is 9.08. The number of anilines is 1. The molecule has 0 unspecified atom stereocenters. The summed E-state index contributed by atoms with van der Waals surface area (Å²) in [6.07, 6.45) is 1.85. The Balaban J connectivity index is 3.02. The van der Waals surface area contributed by atoms with Crippen LogP contribution in [0.1, 0.15) is 26.3 Å². The van der Waals surface area contributed by atoms with E-state index in [2.05, 4.69) is 52.7 Å². The first-order chi connectivity index (χ1) is 6.70. The maximum atomic E-state index is 4.44. The van der Waals surface area contributed by atoms with Gasteiger partial charge in [-0.25, -0.2) is 4.98 Å². The van der Waals surface area contributed by atoms with Crippen molar-refractivity contribution in [2.45, 2.75) is 32.1 Å². The van der Waals surface area contributed by atoms with Gasteiger partial charge in [0.05, 0.1) is 0 Å². The number of pyridine rings is 1. The van der Waals surface area contributed by atoms with E-state index in [9.17, 15) is 0 Å². The summed E-state index contributed by atoms with van der Waals surface area (Å²) >= 11 is 3.49. The normalized spacial score (nSPS) is 10.6. The molecule has 3 heteroatoms. The van der Waals surface area contributed by atoms with Crippen LogP contribution >= 0.6 is 15.9 Å². The molecule has 0 aliphatic carbocycles. The topological polar surface area (TPSA) is 16.1 Å². The molecular formula is C11H17BrN2. The average Bonchev–Trinajstić information content (AvgIpc) is 2.19. The van der Waals surface area contributed by atoms with Gasteiger partial charge >= 0.3 is 0 Å². The number of rotatable bonds is 4. The molecule has 0 aliphatic heterocycles. The monoisotopic (exact) mass is 256 g/mol. The number of aromatic nitrogens is 1. The van der Waals surface area contributed by atoms with Crippen molar-refractivity contribution in [3.8, 4) is 0 Å². The van der Waals surface area contributed by atoms with Crippen molar-refractivity contribution in [3.63, 3.8) is 0 Å². The molecule has 0 radical (unpaired) electrons. The molecule has 0 amide bonds. The quantitative estimate of drug-likeness (QED) is 0.770. The standard InChI is InChI=1S/C11H17BrN2/c1-4-14(9(2)3)11-10(8-12)6-5-7-13-11/h5-7,9H,4,8H2,1-3H3. The smallest absolute Gasteiger partial charge is 0.132 e. The predicted octanol–water partition coefficient (Wildman–Crippen LogP) is 3.21. The highest BCUT2D eigenvalue weighted by Gasteiger charge is 2.12. The second-order valence-electron chi connectivity index (χ2n) is 3.50.